The molecule has 0 atom stereocenters. The summed E-state index contributed by atoms with van der Waals surface area (Å²) in [6, 6.07) is 1.71. The molecule has 1 aliphatic rings. The van der Waals surface area contributed by atoms with Crippen molar-refractivity contribution in [3.8, 4) is 5.88 Å². The molecule has 128 valence electrons. The summed E-state index contributed by atoms with van der Waals surface area (Å²) < 4.78 is 6.69. The van der Waals surface area contributed by atoms with E-state index in [4.69, 9.17) is 16.3 Å². The van der Waals surface area contributed by atoms with Crippen LogP contribution in [0.4, 0.5) is 5.95 Å². The van der Waals surface area contributed by atoms with E-state index in [9.17, 15) is 4.79 Å². The van der Waals surface area contributed by atoms with E-state index in [1.165, 1.54) is 0 Å². The lowest BCUT2D eigenvalue weighted by Crippen LogP contribution is -2.36. The largest absolute Gasteiger partial charge is 0.481 e. The third-order valence-corrected chi connectivity index (χ3v) is 4.16. The lowest BCUT2D eigenvalue weighted by molar-refractivity contribution is 0.0760. The predicted molar refractivity (Wildman–Crippen MR) is 89.5 cm³/mol. The second-order valence-corrected chi connectivity index (χ2v) is 5.94. The Bertz CT molecular complexity index is 735. The van der Waals surface area contributed by atoms with E-state index in [0.29, 0.717) is 42.2 Å². The first-order valence-electron chi connectivity index (χ1n) is 7.69. The van der Waals surface area contributed by atoms with Crippen molar-refractivity contribution in [1.29, 1.82) is 0 Å². The molecule has 1 saturated heterocycles. The highest BCUT2D eigenvalue weighted by atomic mass is 35.5. The van der Waals surface area contributed by atoms with Gasteiger partial charge in [-0.1, -0.05) is 11.6 Å². The molecule has 2 aromatic rings. The number of hydrogen-bond donors (Lipinski definition) is 0. The van der Waals surface area contributed by atoms with Crippen molar-refractivity contribution in [1.82, 2.24) is 24.6 Å². The van der Waals surface area contributed by atoms with Crippen molar-refractivity contribution >= 4 is 23.5 Å². The first kappa shape index (κ1) is 16.5. The molecule has 3 heterocycles. The van der Waals surface area contributed by atoms with Crippen LogP contribution in [0, 0.1) is 0 Å². The van der Waals surface area contributed by atoms with Gasteiger partial charge in [-0.25, -0.2) is 4.98 Å². The summed E-state index contributed by atoms with van der Waals surface area (Å²) in [4.78, 5) is 25.1. The molecule has 1 aliphatic heterocycles. The van der Waals surface area contributed by atoms with Crippen LogP contribution in [0.3, 0.4) is 0 Å². The molecule has 24 heavy (non-hydrogen) atoms. The fraction of sp³-hybridized carbons (Fsp3) is 0.467. The molecule has 0 N–H and O–H groups in total. The molecule has 1 amide bonds. The Hall–Kier alpha value is -2.35. The van der Waals surface area contributed by atoms with Crippen molar-refractivity contribution in [2.24, 2.45) is 7.05 Å². The zero-order chi connectivity index (χ0) is 17.1. The number of nitrogens with zero attached hydrogens (tertiary/aromatic N) is 6. The van der Waals surface area contributed by atoms with Crippen LogP contribution in [0.1, 0.15) is 16.9 Å². The van der Waals surface area contributed by atoms with Gasteiger partial charge in [0.2, 0.25) is 11.8 Å². The Morgan fingerprint density at radius 3 is 2.83 bits per heavy atom. The number of carbonyl (C=O) groups is 1. The molecule has 0 unspecified atom stereocenters. The summed E-state index contributed by atoms with van der Waals surface area (Å²) in [7, 11) is 3.32. The minimum Gasteiger partial charge on any atom is -0.481 e. The number of ether oxygens (including phenoxy) is 1. The first-order valence-corrected chi connectivity index (χ1v) is 8.06. The average molecular weight is 351 g/mol. The highest BCUT2D eigenvalue weighted by Crippen LogP contribution is 2.18. The summed E-state index contributed by atoms with van der Waals surface area (Å²) in [5, 5.41) is 4.53. The molecule has 0 radical (unpaired) electrons. The average Bonchev–Trinajstić information content (AvgIpc) is 2.79. The minimum absolute atomic E-state index is 0.144. The van der Waals surface area contributed by atoms with Crippen molar-refractivity contribution in [3.63, 3.8) is 0 Å². The van der Waals surface area contributed by atoms with Gasteiger partial charge < -0.3 is 14.5 Å². The number of halogens is 1. The number of carbonyl (C=O) groups excluding carboxylic acids is 1. The van der Waals surface area contributed by atoms with Crippen molar-refractivity contribution in [2.45, 2.75) is 6.42 Å². The van der Waals surface area contributed by atoms with E-state index in [2.05, 4.69) is 20.0 Å². The maximum Gasteiger partial charge on any atom is 0.275 e. The first-order chi connectivity index (χ1) is 11.6. The molecular formula is C15H19ClN6O2. The molecule has 0 aromatic carbocycles. The van der Waals surface area contributed by atoms with Crippen LogP contribution < -0.4 is 9.64 Å². The molecule has 0 spiro atoms. The number of aromatic nitrogens is 4. The van der Waals surface area contributed by atoms with Crippen LogP contribution in [-0.2, 0) is 7.05 Å². The van der Waals surface area contributed by atoms with Crippen molar-refractivity contribution in [2.75, 3.05) is 38.2 Å². The third-order valence-electron chi connectivity index (χ3n) is 3.88. The molecule has 0 bridgehead atoms. The van der Waals surface area contributed by atoms with Gasteiger partial charge in [0.05, 0.1) is 12.1 Å². The summed E-state index contributed by atoms with van der Waals surface area (Å²) in [5.74, 6) is 0.992. The van der Waals surface area contributed by atoms with Crippen molar-refractivity contribution < 1.29 is 9.53 Å². The Morgan fingerprint density at radius 1 is 1.29 bits per heavy atom. The molecular weight excluding hydrogens is 332 g/mol. The minimum atomic E-state index is -0.144. The van der Waals surface area contributed by atoms with Crippen LogP contribution in [-0.4, -0.2) is 63.8 Å². The predicted octanol–water partition coefficient (Wildman–Crippen LogP) is 1.22. The van der Waals surface area contributed by atoms with Gasteiger partial charge in [-0.05, 0) is 6.42 Å². The Morgan fingerprint density at radius 2 is 2.12 bits per heavy atom. The van der Waals surface area contributed by atoms with Crippen LogP contribution in [0.15, 0.2) is 18.5 Å². The van der Waals surface area contributed by atoms with Gasteiger partial charge in [-0.3, -0.25) is 9.48 Å². The van der Waals surface area contributed by atoms with E-state index in [0.717, 1.165) is 13.0 Å². The molecule has 0 aliphatic carbocycles. The Kier molecular flexibility index (Phi) is 4.84. The summed E-state index contributed by atoms with van der Waals surface area (Å²) >= 11 is 6.08. The lowest BCUT2D eigenvalue weighted by atomic mass is 10.3. The molecule has 0 saturated carbocycles. The van der Waals surface area contributed by atoms with E-state index in [1.807, 2.05) is 0 Å². The number of aryl methyl sites for hydroxylation is 1. The van der Waals surface area contributed by atoms with E-state index < -0.39 is 0 Å². The van der Waals surface area contributed by atoms with Gasteiger partial charge >= 0.3 is 0 Å². The van der Waals surface area contributed by atoms with Gasteiger partial charge in [0.25, 0.3) is 5.91 Å². The zero-order valence-electron chi connectivity index (χ0n) is 13.6. The SMILES string of the molecule is COc1ccnc(N2CCCN(C(=O)c3nn(C)cc3Cl)CC2)n1. The second kappa shape index (κ2) is 7.04. The van der Waals surface area contributed by atoms with Gasteiger partial charge in [-0.2, -0.15) is 10.1 Å². The number of amides is 1. The van der Waals surface area contributed by atoms with E-state index >= 15 is 0 Å². The zero-order valence-corrected chi connectivity index (χ0v) is 14.4. The third kappa shape index (κ3) is 3.43. The van der Waals surface area contributed by atoms with E-state index in [-0.39, 0.29) is 5.91 Å². The standard InChI is InChI=1S/C15H19ClN6O2/c1-20-10-11(16)13(19-20)14(23)21-6-3-7-22(9-8-21)15-17-5-4-12(18-15)24-2/h4-5,10H,3,6-9H2,1-2H3. The maximum atomic E-state index is 12.6. The number of hydrogen-bond acceptors (Lipinski definition) is 6. The molecule has 3 rings (SSSR count). The Labute approximate surface area is 145 Å². The molecule has 8 nitrogen and oxygen atoms in total. The van der Waals surface area contributed by atoms with Gasteiger partial charge in [0.15, 0.2) is 5.69 Å². The second-order valence-electron chi connectivity index (χ2n) is 5.53. The van der Waals surface area contributed by atoms with Crippen molar-refractivity contribution in [3.05, 3.63) is 29.2 Å². The number of anilines is 1. The normalized spacial score (nSPS) is 15.3. The van der Waals surface area contributed by atoms with Crippen LogP contribution >= 0.6 is 11.6 Å². The van der Waals surface area contributed by atoms with Gasteiger partial charge in [0, 0.05) is 51.7 Å². The fourth-order valence-electron chi connectivity index (χ4n) is 2.67. The Balaban J connectivity index is 1.70. The smallest absolute Gasteiger partial charge is 0.275 e. The van der Waals surface area contributed by atoms with Gasteiger partial charge in [-0.15, -0.1) is 0 Å². The van der Waals surface area contributed by atoms with E-state index in [1.54, 1.807) is 42.2 Å². The summed E-state index contributed by atoms with van der Waals surface area (Å²) in [6.45, 7) is 2.62. The van der Waals surface area contributed by atoms with Crippen LogP contribution in [0.5, 0.6) is 5.88 Å². The quantitative estimate of drug-likeness (QED) is 0.828. The fourth-order valence-corrected chi connectivity index (χ4v) is 2.93. The van der Waals surface area contributed by atoms with Crippen LogP contribution in [0.25, 0.3) is 0 Å². The monoisotopic (exact) mass is 350 g/mol. The summed E-state index contributed by atoms with van der Waals surface area (Å²) in [6.07, 6.45) is 4.11. The highest BCUT2D eigenvalue weighted by Gasteiger charge is 2.25. The topological polar surface area (TPSA) is 76.4 Å². The number of methoxy groups -OCH3 is 1. The van der Waals surface area contributed by atoms with Crippen LogP contribution in [0.2, 0.25) is 5.02 Å². The molecule has 1 fully saturated rings. The summed E-state index contributed by atoms with van der Waals surface area (Å²) in [5.41, 5.74) is 0.297. The lowest BCUT2D eigenvalue weighted by Gasteiger charge is -2.21. The molecule has 9 heteroatoms. The number of rotatable bonds is 3. The van der Waals surface area contributed by atoms with Gasteiger partial charge in [0.1, 0.15) is 0 Å². The highest BCUT2D eigenvalue weighted by molar-refractivity contribution is 6.33. The maximum absolute atomic E-state index is 12.6. The molecule has 2 aromatic heterocycles.